The molecule has 144 valence electrons. The normalized spacial score (nSPS) is 15.6. The Labute approximate surface area is 164 Å². The number of nitrogens with one attached hydrogen (secondary N) is 3. The molecule has 0 saturated carbocycles. The SMILES string of the molecule is CN/C(=C\C=N)N1CCC(Nc2ccc(-c3nccc4occc34)cc2)CC1. The topological polar surface area (TPSA) is 77.2 Å². The van der Waals surface area contributed by atoms with Crippen molar-refractivity contribution in [1.29, 1.82) is 5.41 Å². The van der Waals surface area contributed by atoms with E-state index in [1.807, 2.05) is 19.2 Å². The lowest BCUT2D eigenvalue weighted by Gasteiger charge is -2.35. The molecule has 0 amide bonds. The maximum atomic E-state index is 7.27. The van der Waals surface area contributed by atoms with E-state index in [0.717, 1.165) is 59.7 Å². The van der Waals surface area contributed by atoms with Crippen molar-refractivity contribution in [1.82, 2.24) is 15.2 Å². The van der Waals surface area contributed by atoms with Crippen LogP contribution in [0.15, 0.2) is 65.2 Å². The third kappa shape index (κ3) is 3.71. The van der Waals surface area contributed by atoms with Crippen LogP contribution >= 0.6 is 0 Å². The smallest absolute Gasteiger partial charge is 0.137 e. The van der Waals surface area contributed by atoms with Gasteiger partial charge in [-0.2, -0.15) is 0 Å². The largest absolute Gasteiger partial charge is 0.464 e. The van der Waals surface area contributed by atoms with Crippen molar-refractivity contribution in [3.05, 3.63) is 60.8 Å². The Kier molecular flexibility index (Phi) is 5.28. The van der Waals surface area contributed by atoms with Crippen molar-refractivity contribution in [3.63, 3.8) is 0 Å². The number of piperidine rings is 1. The zero-order valence-electron chi connectivity index (χ0n) is 16.0. The van der Waals surface area contributed by atoms with Crippen molar-refractivity contribution in [3.8, 4) is 11.3 Å². The lowest BCUT2D eigenvalue weighted by atomic mass is 10.0. The van der Waals surface area contributed by atoms with Gasteiger partial charge in [-0.15, -0.1) is 0 Å². The molecule has 1 saturated heterocycles. The van der Waals surface area contributed by atoms with Gasteiger partial charge in [0.05, 0.1) is 12.0 Å². The maximum absolute atomic E-state index is 7.27. The molecule has 0 radical (unpaired) electrons. The number of pyridine rings is 1. The number of nitrogens with zero attached hydrogens (tertiary/aromatic N) is 2. The fourth-order valence-corrected chi connectivity index (χ4v) is 3.78. The van der Waals surface area contributed by atoms with Crippen molar-refractivity contribution in [2.45, 2.75) is 18.9 Å². The van der Waals surface area contributed by atoms with Gasteiger partial charge in [0.15, 0.2) is 0 Å². The number of benzene rings is 1. The zero-order valence-corrected chi connectivity index (χ0v) is 16.0. The molecule has 0 spiro atoms. The van der Waals surface area contributed by atoms with E-state index in [1.54, 1.807) is 18.5 Å². The Morgan fingerprint density at radius 1 is 1.18 bits per heavy atom. The second-order valence-electron chi connectivity index (χ2n) is 6.94. The molecule has 1 fully saturated rings. The summed E-state index contributed by atoms with van der Waals surface area (Å²) in [7, 11) is 1.90. The average molecular weight is 375 g/mol. The Morgan fingerprint density at radius 3 is 2.68 bits per heavy atom. The van der Waals surface area contributed by atoms with E-state index in [1.165, 1.54) is 6.21 Å². The van der Waals surface area contributed by atoms with Crippen molar-refractivity contribution in [2.75, 3.05) is 25.5 Å². The van der Waals surface area contributed by atoms with Gasteiger partial charge in [-0.1, -0.05) is 12.1 Å². The Hall–Kier alpha value is -3.28. The van der Waals surface area contributed by atoms with E-state index in [4.69, 9.17) is 9.83 Å². The highest BCUT2D eigenvalue weighted by molar-refractivity contribution is 5.91. The molecule has 2 aromatic heterocycles. The molecule has 1 aliphatic heterocycles. The predicted molar refractivity (Wildman–Crippen MR) is 114 cm³/mol. The van der Waals surface area contributed by atoms with Crippen LogP contribution in [0, 0.1) is 5.41 Å². The molecule has 6 nitrogen and oxygen atoms in total. The number of aromatic nitrogens is 1. The molecule has 1 aliphatic rings. The van der Waals surface area contributed by atoms with Crippen LogP contribution in [0.1, 0.15) is 12.8 Å². The number of hydrogen-bond donors (Lipinski definition) is 3. The van der Waals surface area contributed by atoms with E-state index >= 15 is 0 Å². The minimum absolute atomic E-state index is 0.454. The van der Waals surface area contributed by atoms with Gasteiger partial charge in [0, 0.05) is 55.2 Å². The van der Waals surface area contributed by atoms with Crippen molar-refractivity contribution < 1.29 is 4.42 Å². The minimum atomic E-state index is 0.454. The van der Waals surface area contributed by atoms with Crippen molar-refractivity contribution >= 4 is 22.9 Å². The first kappa shape index (κ1) is 18.1. The Bertz CT molecular complexity index is 968. The molecule has 3 aromatic rings. The van der Waals surface area contributed by atoms with E-state index in [-0.39, 0.29) is 0 Å². The first-order valence-electron chi connectivity index (χ1n) is 9.61. The van der Waals surface area contributed by atoms with Crippen LogP contribution in [-0.4, -0.2) is 42.3 Å². The number of likely N-dealkylation sites (tertiary alicyclic amines) is 1. The second-order valence-corrected chi connectivity index (χ2v) is 6.94. The van der Waals surface area contributed by atoms with Gasteiger partial charge in [-0.3, -0.25) is 4.98 Å². The molecule has 4 rings (SSSR count). The van der Waals surface area contributed by atoms with Gasteiger partial charge < -0.3 is 25.4 Å². The predicted octanol–water partition coefficient (Wildman–Crippen LogP) is 4.08. The molecule has 0 atom stereocenters. The van der Waals surface area contributed by atoms with E-state index in [0.29, 0.717) is 6.04 Å². The van der Waals surface area contributed by atoms with Crippen LogP contribution in [0.5, 0.6) is 0 Å². The summed E-state index contributed by atoms with van der Waals surface area (Å²) in [5, 5.41) is 15.1. The Balaban J connectivity index is 1.40. The first-order valence-corrected chi connectivity index (χ1v) is 9.61. The standard InChI is InChI=1S/C22H25N5O/c1-24-21(6-11-23)27-13-8-18(9-14-27)26-17-4-2-16(3-5-17)22-19-10-15-28-20(19)7-12-25-22/h2-7,10-12,15,18,23-24,26H,8-9,13-14H2,1H3/b21-6+,23-11?. The summed E-state index contributed by atoms with van der Waals surface area (Å²) in [6.07, 6.45) is 8.75. The van der Waals surface area contributed by atoms with Gasteiger partial charge in [-0.25, -0.2) is 0 Å². The first-order chi connectivity index (χ1) is 13.8. The second kappa shape index (κ2) is 8.17. The summed E-state index contributed by atoms with van der Waals surface area (Å²) >= 11 is 0. The number of allylic oxidation sites excluding steroid dienone is 1. The number of hydrogen-bond acceptors (Lipinski definition) is 6. The van der Waals surface area contributed by atoms with Crippen LogP contribution in [0.3, 0.4) is 0 Å². The molecular weight excluding hydrogens is 350 g/mol. The highest BCUT2D eigenvalue weighted by Gasteiger charge is 2.20. The van der Waals surface area contributed by atoms with E-state index in [9.17, 15) is 0 Å². The summed E-state index contributed by atoms with van der Waals surface area (Å²) in [6, 6.07) is 12.8. The third-order valence-corrected chi connectivity index (χ3v) is 5.24. The lowest BCUT2D eigenvalue weighted by molar-refractivity contribution is 0.259. The quantitative estimate of drug-likeness (QED) is 0.566. The number of furan rings is 1. The van der Waals surface area contributed by atoms with Crippen LogP contribution in [0.4, 0.5) is 5.69 Å². The molecule has 3 N–H and O–H groups in total. The van der Waals surface area contributed by atoms with Gasteiger partial charge in [0.1, 0.15) is 11.4 Å². The maximum Gasteiger partial charge on any atom is 0.137 e. The monoisotopic (exact) mass is 375 g/mol. The van der Waals surface area contributed by atoms with Gasteiger partial charge >= 0.3 is 0 Å². The molecule has 3 heterocycles. The van der Waals surface area contributed by atoms with Crippen LogP contribution < -0.4 is 10.6 Å². The highest BCUT2D eigenvalue weighted by Crippen LogP contribution is 2.28. The van der Waals surface area contributed by atoms with E-state index < -0.39 is 0 Å². The molecule has 0 aliphatic carbocycles. The molecule has 28 heavy (non-hydrogen) atoms. The van der Waals surface area contributed by atoms with Gasteiger partial charge in [-0.05, 0) is 43.2 Å². The summed E-state index contributed by atoms with van der Waals surface area (Å²) in [4.78, 5) is 6.82. The van der Waals surface area contributed by atoms with Crippen molar-refractivity contribution in [2.24, 2.45) is 0 Å². The fraction of sp³-hybridized carbons (Fsp3) is 0.273. The number of anilines is 1. The van der Waals surface area contributed by atoms with Gasteiger partial charge in [0.25, 0.3) is 0 Å². The number of fused-ring (bicyclic) bond motifs is 1. The van der Waals surface area contributed by atoms with Crippen LogP contribution in [0.2, 0.25) is 0 Å². The van der Waals surface area contributed by atoms with Crippen LogP contribution in [0.25, 0.3) is 22.2 Å². The van der Waals surface area contributed by atoms with E-state index in [2.05, 4.69) is 44.8 Å². The average Bonchev–Trinajstić information content (AvgIpc) is 3.22. The minimum Gasteiger partial charge on any atom is -0.464 e. The zero-order chi connectivity index (χ0) is 19.3. The molecule has 1 aromatic carbocycles. The summed E-state index contributed by atoms with van der Waals surface area (Å²) in [6.45, 7) is 1.95. The fourth-order valence-electron chi connectivity index (χ4n) is 3.78. The van der Waals surface area contributed by atoms with Gasteiger partial charge in [0.2, 0.25) is 0 Å². The molecular formula is C22H25N5O. The lowest BCUT2D eigenvalue weighted by Crippen LogP contribution is -2.41. The summed E-state index contributed by atoms with van der Waals surface area (Å²) in [5.74, 6) is 1.01. The number of rotatable bonds is 6. The summed E-state index contributed by atoms with van der Waals surface area (Å²) < 4.78 is 5.48. The third-order valence-electron chi connectivity index (χ3n) is 5.24. The molecule has 0 unspecified atom stereocenters. The molecule has 6 heteroatoms. The highest BCUT2D eigenvalue weighted by atomic mass is 16.3. The summed E-state index contributed by atoms with van der Waals surface area (Å²) in [5.41, 5.74) is 4.02. The van der Waals surface area contributed by atoms with Crippen LogP contribution in [-0.2, 0) is 0 Å². The Morgan fingerprint density at radius 2 is 1.96 bits per heavy atom. The molecule has 0 bridgehead atoms.